The monoisotopic (exact) mass is 376 g/mol. The van der Waals surface area contributed by atoms with Crippen LogP contribution < -0.4 is 0 Å². The van der Waals surface area contributed by atoms with Crippen LogP contribution in [0.3, 0.4) is 0 Å². The van der Waals surface area contributed by atoms with E-state index < -0.39 is 17.1 Å². The van der Waals surface area contributed by atoms with E-state index in [-0.39, 0.29) is 29.7 Å². The lowest BCUT2D eigenvalue weighted by atomic mass is 9.73. The molecule has 1 aromatic rings. The molecular formula is C20H24O5S. The van der Waals surface area contributed by atoms with Crippen LogP contribution in [-0.4, -0.2) is 37.2 Å². The maximum absolute atomic E-state index is 12.6. The Labute approximate surface area is 158 Å². The molecule has 5 nitrogen and oxygen atoms in total. The minimum atomic E-state index is -0.521. The lowest BCUT2D eigenvalue weighted by Crippen LogP contribution is -2.39. The van der Waals surface area contributed by atoms with E-state index >= 15 is 0 Å². The van der Waals surface area contributed by atoms with E-state index in [1.807, 2.05) is 30.3 Å². The van der Waals surface area contributed by atoms with Crippen molar-refractivity contribution in [2.24, 2.45) is 11.8 Å². The van der Waals surface area contributed by atoms with Crippen LogP contribution in [0.15, 0.2) is 47.4 Å². The van der Waals surface area contributed by atoms with Crippen LogP contribution in [0.25, 0.3) is 0 Å². The molecule has 1 aliphatic carbocycles. The second-order valence-electron chi connectivity index (χ2n) is 6.30. The summed E-state index contributed by atoms with van der Waals surface area (Å²) in [5.41, 5.74) is 0.256. The highest BCUT2D eigenvalue weighted by Gasteiger charge is 2.41. The number of Topliss-reactive ketones (excluding diaryl/α,β-unsaturated/α-hetero) is 1. The number of ether oxygens (including phenoxy) is 2. The third-order valence-electron chi connectivity index (χ3n) is 4.66. The number of esters is 2. The van der Waals surface area contributed by atoms with E-state index in [0.717, 1.165) is 17.7 Å². The molecule has 0 saturated heterocycles. The molecule has 2 rings (SSSR count). The van der Waals surface area contributed by atoms with Crippen molar-refractivity contribution in [2.45, 2.75) is 35.8 Å². The summed E-state index contributed by atoms with van der Waals surface area (Å²) in [6, 6.07) is 9.56. The number of methoxy groups -OCH3 is 2. The Hall–Kier alpha value is -2.08. The molecule has 3 atom stereocenters. The minimum absolute atomic E-state index is 0.0638. The van der Waals surface area contributed by atoms with E-state index in [1.165, 1.54) is 26.0 Å². The van der Waals surface area contributed by atoms with Gasteiger partial charge in [-0.05, 0) is 37.3 Å². The summed E-state index contributed by atoms with van der Waals surface area (Å²) in [5.74, 6) is -1.46. The van der Waals surface area contributed by atoms with Gasteiger partial charge in [0.2, 0.25) is 0 Å². The van der Waals surface area contributed by atoms with Crippen LogP contribution in [-0.2, 0) is 23.9 Å². The summed E-state index contributed by atoms with van der Waals surface area (Å²) >= 11 is 1.40. The van der Waals surface area contributed by atoms with Crippen LogP contribution in [0.1, 0.15) is 25.7 Å². The zero-order valence-electron chi connectivity index (χ0n) is 15.1. The van der Waals surface area contributed by atoms with Gasteiger partial charge in [0.1, 0.15) is 11.0 Å². The maximum atomic E-state index is 12.6. The van der Waals surface area contributed by atoms with Gasteiger partial charge >= 0.3 is 11.9 Å². The quantitative estimate of drug-likeness (QED) is 0.413. The molecule has 26 heavy (non-hydrogen) atoms. The topological polar surface area (TPSA) is 69.7 Å². The van der Waals surface area contributed by atoms with Crippen molar-refractivity contribution in [2.75, 3.05) is 14.2 Å². The zero-order chi connectivity index (χ0) is 19.1. The van der Waals surface area contributed by atoms with Gasteiger partial charge in [-0.2, -0.15) is 0 Å². The maximum Gasteiger partial charge on any atom is 0.333 e. The average molecular weight is 376 g/mol. The molecule has 1 fully saturated rings. The van der Waals surface area contributed by atoms with Gasteiger partial charge in [-0.3, -0.25) is 9.59 Å². The zero-order valence-corrected chi connectivity index (χ0v) is 15.9. The molecule has 1 aliphatic rings. The van der Waals surface area contributed by atoms with Gasteiger partial charge in [0.15, 0.2) is 0 Å². The molecule has 140 valence electrons. The molecule has 0 N–H and O–H groups in total. The number of carbonyl (C=O) groups excluding carboxylic acids is 3. The van der Waals surface area contributed by atoms with Crippen LogP contribution in [0, 0.1) is 11.8 Å². The van der Waals surface area contributed by atoms with E-state index in [9.17, 15) is 14.4 Å². The number of thioether (sulfide) groups is 1. The highest BCUT2D eigenvalue weighted by atomic mass is 32.2. The molecule has 0 spiro atoms. The molecule has 0 amide bonds. The Morgan fingerprint density at radius 3 is 2.54 bits per heavy atom. The van der Waals surface area contributed by atoms with Crippen molar-refractivity contribution < 1.29 is 23.9 Å². The molecular weight excluding hydrogens is 352 g/mol. The highest BCUT2D eigenvalue weighted by Crippen LogP contribution is 2.41. The summed E-state index contributed by atoms with van der Waals surface area (Å²) in [6.45, 7) is 3.75. The summed E-state index contributed by atoms with van der Waals surface area (Å²) < 4.78 is 9.71. The Morgan fingerprint density at radius 2 is 1.92 bits per heavy atom. The Balaban J connectivity index is 2.26. The van der Waals surface area contributed by atoms with Crippen molar-refractivity contribution in [3.63, 3.8) is 0 Å². The molecule has 6 heteroatoms. The van der Waals surface area contributed by atoms with Crippen LogP contribution >= 0.6 is 11.8 Å². The summed E-state index contributed by atoms with van der Waals surface area (Å²) in [7, 11) is 2.64. The number of benzene rings is 1. The SMILES string of the molecule is C=C(C[C@@H]1C(=O)CCC[C@H]1C(Sc1ccccc1)C(=O)OC)C(=O)OC. The number of hydrogen-bond donors (Lipinski definition) is 0. The van der Waals surface area contributed by atoms with Crippen LogP contribution in [0.5, 0.6) is 0 Å². The van der Waals surface area contributed by atoms with Gasteiger partial charge in [-0.15, -0.1) is 11.8 Å². The van der Waals surface area contributed by atoms with Crippen molar-refractivity contribution in [3.8, 4) is 0 Å². The van der Waals surface area contributed by atoms with Crippen molar-refractivity contribution in [1.82, 2.24) is 0 Å². The van der Waals surface area contributed by atoms with Gasteiger partial charge in [0, 0.05) is 22.8 Å². The summed E-state index contributed by atoms with van der Waals surface area (Å²) in [5, 5.41) is -0.512. The van der Waals surface area contributed by atoms with E-state index in [1.54, 1.807) is 0 Å². The first kappa shape index (κ1) is 20.2. The lowest BCUT2D eigenvalue weighted by molar-refractivity contribution is -0.142. The molecule has 1 aromatic carbocycles. The predicted octanol–water partition coefficient (Wildman–Crippen LogP) is 3.43. The molecule has 0 aromatic heterocycles. The fourth-order valence-electron chi connectivity index (χ4n) is 3.33. The normalized spacial score (nSPS) is 20.9. The van der Waals surface area contributed by atoms with E-state index in [4.69, 9.17) is 9.47 Å². The standard InChI is InChI=1S/C20H24O5S/c1-13(19(22)24-2)12-16-15(10-7-11-17(16)21)18(20(23)25-3)26-14-8-5-4-6-9-14/h4-6,8-9,15-16,18H,1,7,10-12H2,2-3H3/t15-,16+,18?/m1/s1. The van der Waals surface area contributed by atoms with Crippen molar-refractivity contribution >= 4 is 29.5 Å². The Kier molecular flexibility index (Phi) is 7.45. The number of ketones is 1. The van der Waals surface area contributed by atoms with Crippen molar-refractivity contribution in [1.29, 1.82) is 0 Å². The van der Waals surface area contributed by atoms with Gasteiger partial charge in [-0.1, -0.05) is 24.8 Å². The number of hydrogen-bond acceptors (Lipinski definition) is 6. The fraction of sp³-hybridized carbons (Fsp3) is 0.450. The van der Waals surface area contributed by atoms with Crippen LogP contribution in [0.4, 0.5) is 0 Å². The molecule has 0 bridgehead atoms. The Morgan fingerprint density at radius 1 is 1.23 bits per heavy atom. The highest BCUT2D eigenvalue weighted by molar-refractivity contribution is 8.00. The van der Waals surface area contributed by atoms with Gasteiger partial charge in [0.25, 0.3) is 0 Å². The van der Waals surface area contributed by atoms with Crippen molar-refractivity contribution in [3.05, 3.63) is 42.5 Å². The van der Waals surface area contributed by atoms with Crippen LogP contribution in [0.2, 0.25) is 0 Å². The predicted molar refractivity (Wildman–Crippen MR) is 99.7 cm³/mol. The molecule has 1 unspecified atom stereocenters. The van der Waals surface area contributed by atoms with Gasteiger partial charge < -0.3 is 9.47 Å². The first-order valence-electron chi connectivity index (χ1n) is 8.56. The first-order chi connectivity index (χ1) is 12.5. The largest absolute Gasteiger partial charge is 0.468 e. The third kappa shape index (κ3) is 4.97. The number of carbonyl (C=O) groups is 3. The molecule has 0 heterocycles. The third-order valence-corrected chi connectivity index (χ3v) is 6.00. The molecule has 0 aliphatic heterocycles. The lowest BCUT2D eigenvalue weighted by Gasteiger charge is -2.34. The first-order valence-corrected chi connectivity index (χ1v) is 9.44. The van der Waals surface area contributed by atoms with Gasteiger partial charge in [0.05, 0.1) is 14.2 Å². The molecule has 0 radical (unpaired) electrons. The second-order valence-corrected chi connectivity index (χ2v) is 7.52. The summed E-state index contributed by atoms with van der Waals surface area (Å²) in [4.78, 5) is 37.7. The fourth-order valence-corrected chi connectivity index (χ4v) is 4.63. The average Bonchev–Trinajstić information content (AvgIpc) is 2.67. The van der Waals surface area contributed by atoms with E-state index in [2.05, 4.69) is 6.58 Å². The van der Waals surface area contributed by atoms with Gasteiger partial charge in [-0.25, -0.2) is 4.79 Å². The smallest absolute Gasteiger partial charge is 0.333 e. The molecule has 1 saturated carbocycles. The Bertz CT molecular complexity index is 670. The number of rotatable bonds is 7. The minimum Gasteiger partial charge on any atom is -0.468 e. The summed E-state index contributed by atoms with van der Waals surface area (Å²) in [6.07, 6.45) is 2.12. The second kappa shape index (κ2) is 9.57. The van der Waals surface area contributed by atoms with E-state index in [0.29, 0.717) is 6.42 Å².